The number of carbonyl (C=O) groups excluding carboxylic acids is 1. The Kier molecular flexibility index (Phi) is 48.6. The number of hydrogen-bond donors (Lipinski definition) is 2. The van der Waals surface area contributed by atoms with Gasteiger partial charge in [-0.25, -0.2) is 4.57 Å². The van der Waals surface area contributed by atoms with E-state index >= 15 is 0 Å². The van der Waals surface area contributed by atoms with Crippen molar-refractivity contribution in [1.29, 1.82) is 0 Å². The molecule has 60 heavy (non-hydrogen) atoms. The van der Waals surface area contributed by atoms with Crippen molar-refractivity contribution in [3.8, 4) is 0 Å². The minimum atomic E-state index is -4.28. The van der Waals surface area contributed by atoms with Crippen molar-refractivity contribution >= 4 is 13.8 Å². The van der Waals surface area contributed by atoms with E-state index in [0.29, 0.717) is 13.0 Å². The van der Waals surface area contributed by atoms with Crippen LogP contribution < -0.4 is 5.73 Å². The molecular formula is C51H102NO7P. The molecule has 358 valence electrons. The predicted molar refractivity (Wildman–Crippen MR) is 257 cm³/mol. The summed E-state index contributed by atoms with van der Waals surface area (Å²) < 4.78 is 33.6. The minimum absolute atomic E-state index is 0.0934. The van der Waals surface area contributed by atoms with Crippen LogP contribution in [0.25, 0.3) is 0 Å². The van der Waals surface area contributed by atoms with Gasteiger partial charge in [-0.15, -0.1) is 0 Å². The monoisotopic (exact) mass is 872 g/mol. The summed E-state index contributed by atoms with van der Waals surface area (Å²) in [4.78, 5) is 22.5. The highest BCUT2D eigenvalue weighted by Crippen LogP contribution is 2.43. The molecule has 0 bridgehead atoms. The molecule has 0 radical (unpaired) electrons. The van der Waals surface area contributed by atoms with Crippen molar-refractivity contribution in [3.05, 3.63) is 12.2 Å². The minimum Gasteiger partial charge on any atom is -0.457 e. The third kappa shape index (κ3) is 48.3. The van der Waals surface area contributed by atoms with Crippen molar-refractivity contribution in [1.82, 2.24) is 0 Å². The van der Waals surface area contributed by atoms with Gasteiger partial charge in [-0.1, -0.05) is 238 Å². The topological polar surface area (TPSA) is 117 Å². The molecule has 3 N–H and O–H groups in total. The number of phosphoric ester groups is 1. The number of hydrogen-bond acceptors (Lipinski definition) is 7. The first-order valence-electron chi connectivity index (χ1n) is 26.2. The lowest BCUT2D eigenvalue weighted by molar-refractivity contribution is -0.154. The summed E-state index contributed by atoms with van der Waals surface area (Å²) in [6.07, 6.45) is 55.4. The number of unbranched alkanes of at least 4 members (excludes halogenated alkanes) is 36. The second-order valence-electron chi connectivity index (χ2n) is 17.7. The number of carbonyl (C=O) groups is 1. The normalized spacial score (nSPS) is 13.3. The molecule has 0 rings (SSSR count). The Labute approximate surface area is 373 Å². The maximum Gasteiger partial charge on any atom is 0.472 e. The molecule has 0 amide bonds. The van der Waals surface area contributed by atoms with Crippen molar-refractivity contribution < 1.29 is 32.8 Å². The van der Waals surface area contributed by atoms with Crippen molar-refractivity contribution in [2.75, 3.05) is 33.0 Å². The van der Waals surface area contributed by atoms with Gasteiger partial charge in [0.05, 0.1) is 19.8 Å². The quantitative estimate of drug-likeness (QED) is 0.0269. The van der Waals surface area contributed by atoms with Crippen LogP contribution in [-0.4, -0.2) is 49.9 Å². The Morgan fingerprint density at radius 2 is 0.833 bits per heavy atom. The van der Waals surface area contributed by atoms with Crippen LogP contribution in [0, 0.1) is 0 Å². The molecule has 2 atom stereocenters. The molecule has 0 aromatic heterocycles. The van der Waals surface area contributed by atoms with E-state index in [-0.39, 0.29) is 32.3 Å². The van der Waals surface area contributed by atoms with E-state index in [1.54, 1.807) is 0 Å². The van der Waals surface area contributed by atoms with Crippen molar-refractivity contribution in [2.45, 2.75) is 277 Å². The third-order valence-electron chi connectivity index (χ3n) is 11.7. The SMILES string of the molecule is CCCCCCCC/C=C\CCCCCCCC(=O)OC(COCCCCCCCCCCCCCCCCCCCCCCCCCCCC)COP(=O)(O)OCCN. The standard InChI is InChI=1S/C51H102NO7P/c1-3-5-7-9-11-13-15-17-19-20-21-22-23-24-25-26-27-28-29-31-33-35-37-39-41-43-46-56-48-50(49-58-60(54,55)57-47-45-52)59-51(53)44-42-40-38-36-34-32-30-18-16-14-12-10-8-6-4-2/h18,30,50H,3-17,19-29,31-49,52H2,1-2H3,(H,54,55)/b30-18-. The summed E-state index contributed by atoms with van der Waals surface area (Å²) in [5.41, 5.74) is 5.39. The van der Waals surface area contributed by atoms with Crippen LogP contribution in [0.2, 0.25) is 0 Å². The summed E-state index contributed by atoms with van der Waals surface area (Å²) in [5, 5.41) is 0. The number of phosphoric acid groups is 1. The highest BCUT2D eigenvalue weighted by molar-refractivity contribution is 7.47. The largest absolute Gasteiger partial charge is 0.472 e. The third-order valence-corrected chi connectivity index (χ3v) is 12.7. The van der Waals surface area contributed by atoms with Gasteiger partial charge in [-0.2, -0.15) is 0 Å². The van der Waals surface area contributed by atoms with Crippen LogP contribution >= 0.6 is 7.82 Å². The Balaban J connectivity index is 3.83. The van der Waals surface area contributed by atoms with E-state index in [0.717, 1.165) is 44.9 Å². The molecule has 9 heteroatoms. The smallest absolute Gasteiger partial charge is 0.457 e. The first kappa shape index (κ1) is 59.2. The van der Waals surface area contributed by atoms with Gasteiger partial charge >= 0.3 is 13.8 Å². The first-order chi connectivity index (χ1) is 29.4. The van der Waals surface area contributed by atoms with Gasteiger partial charge in [0.2, 0.25) is 0 Å². The fourth-order valence-electron chi connectivity index (χ4n) is 7.82. The fraction of sp³-hybridized carbons (Fsp3) is 0.941. The van der Waals surface area contributed by atoms with E-state index in [4.69, 9.17) is 24.3 Å². The molecule has 0 aromatic carbocycles. The molecule has 0 fully saturated rings. The van der Waals surface area contributed by atoms with Crippen molar-refractivity contribution in [2.24, 2.45) is 5.73 Å². The molecule has 0 heterocycles. The Morgan fingerprint density at radius 1 is 0.483 bits per heavy atom. The fourth-order valence-corrected chi connectivity index (χ4v) is 8.58. The zero-order valence-corrected chi connectivity index (χ0v) is 40.9. The summed E-state index contributed by atoms with van der Waals surface area (Å²) in [6.45, 7) is 4.97. The van der Waals surface area contributed by atoms with Gasteiger partial charge in [-0.3, -0.25) is 13.8 Å². The average Bonchev–Trinajstić information content (AvgIpc) is 3.24. The Morgan fingerprint density at radius 3 is 1.22 bits per heavy atom. The predicted octanol–water partition coefficient (Wildman–Crippen LogP) is 16.2. The summed E-state index contributed by atoms with van der Waals surface area (Å²) >= 11 is 0. The maximum atomic E-state index is 12.6. The van der Waals surface area contributed by atoms with E-state index in [1.165, 1.54) is 205 Å². The highest BCUT2D eigenvalue weighted by atomic mass is 31.2. The molecule has 0 saturated heterocycles. The van der Waals surface area contributed by atoms with Crippen LogP contribution in [0.1, 0.15) is 271 Å². The maximum absolute atomic E-state index is 12.6. The zero-order chi connectivity index (χ0) is 43.7. The molecule has 0 saturated carbocycles. The lowest BCUT2D eigenvalue weighted by Gasteiger charge is -2.20. The number of allylic oxidation sites excluding steroid dienone is 2. The van der Waals surface area contributed by atoms with Gasteiger partial charge in [0.1, 0.15) is 6.10 Å². The number of nitrogens with two attached hydrogens (primary N) is 1. The molecule has 0 aromatic rings. The zero-order valence-electron chi connectivity index (χ0n) is 40.0. The van der Waals surface area contributed by atoms with Crippen LogP contribution in [-0.2, 0) is 27.9 Å². The van der Waals surface area contributed by atoms with Gasteiger partial charge < -0.3 is 20.1 Å². The number of esters is 1. The second kappa shape index (κ2) is 49.3. The lowest BCUT2D eigenvalue weighted by Crippen LogP contribution is -2.28. The van der Waals surface area contributed by atoms with Crippen molar-refractivity contribution in [3.63, 3.8) is 0 Å². The van der Waals surface area contributed by atoms with Gasteiger partial charge in [-0.05, 0) is 38.5 Å². The summed E-state index contributed by atoms with van der Waals surface area (Å²) in [7, 11) is -4.28. The van der Waals surface area contributed by atoms with Crippen LogP contribution in [0.15, 0.2) is 12.2 Å². The number of ether oxygens (including phenoxy) is 2. The molecule has 8 nitrogen and oxygen atoms in total. The Hall–Kier alpha value is -0.760. The molecule has 0 aliphatic rings. The summed E-state index contributed by atoms with van der Waals surface area (Å²) in [5.74, 6) is -0.333. The summed E-state index contributed by atoms with van der Waals surface area (Å²) in [6, 6.07) is 0. The van der Waals surface area contributed by atoms with E-state index in [9.17, 15) is 14.3 Å². The van der Waals surface area contributed by atoms with E-state index in [1.807, 2.05) is 0 Å². The van der Waals surface area contributed by atoms with Crippen LogP contribution in [0.4, 0.5) is 0 Å². The molecule has 2 unspecified atom stereocenters. The average molecular weight is 872 g/mol. The van der Waals surface area contributed by atoms with Gasteiger partial charge in [0.15, 0.2) is 0 Å². The van der Waals surface area contributed by atoms with Gasteiger partial charge in [0.25, 0.3) is 0 Å². The second-order valence-corrected chi connectivity index (χ2v) is 19.2. The van der Waals surface area contributed by atoms with Crippen LogP contribution in [0.5, 0.6) is 0 Å². The van der Waals surface area contributed by atoms with Crippen LogP contribution in [0.3, 0.4) is 0 Å². The molecule has 0 aliphatic carbocycles. The van der Waals surface area contributed by atoms with Gasteiger partial charge in [0, 0.05) is 19.6 Å². The van der Waals surface area contributed by atoms with E-state index in [2.05, 4.69) is 26.0 Å². The highest BCUT2D eigenvalue weighted by Gasteiger charge is 2.25. The van der Waals surface area contributed by atoms with E-state index < -0.39 is 13.9 Å². The Bertz CT molecular complexity index is 935. The first-order valence-corrected chi connectivity index (χ1v) is 27.7. The molecular weight excluding hydrogens is 770 g/mol. The number of rotatable bonds is 51. The molecule has 0 aliphatic heterocycles. The molecule has 0 spiro atoms. The lowest BCUT2D eigenvalue weighted by atomic mass is 10.0.